The Hall–Kier alpha value is -2.32. The number of anilines is 2. The molecular formula is C17H18N4O3S. The Labute approximate surface area is 150 Å². The minimum Gasteiger partial charge on any atom is -0.508 e. The van der Waals surface area contributed by atoms with Gasteiger partial charge in [0.15, 0.2) is 0 Å². The zero-order chi connectivity index (χ0) is 17.4. The number of phenolic OH excluding ortho intramolecular Hbond substituents is 1. The molecule has 3 heterocycles. The number of morpholine rings is 1. The number of carbonyl (C=O) groups excluding carboxylic acids is 1. The quantitative estimate of drug-likeness (QED) is 0.801. The van der Waals surface area contributed by atoms with Crippen molar-refractivity contribution in [3.05, 3.63) is 29.8 Å². The third kappa shape index (κ3) is 3.03. The molecule has 130 valence electrons. The number of rotatable bonds is 2. The van der Waals surface area contributed by atoms with Gasteiger partial charge in [0, 0.05) is 30.8 Å². The van der Waals surface area contributed by atoms with Crippen molar-refractivity contribution in [2.45, 2.75) is 6.42 Å². The highest BCUT2D eigenvalue weighted by molar-refractivity contribution is 7.96. The van der Waals surface area contributed by atoms with Crippen molar-refractivity contribution in [3.8, 4) is 17.0 Å². The Morgan fingerprint density at radius 1 is 1.20 bits per heavy atom. The molecule has 1 N–H and O–H groups in total. The molecule has 2 aromatic rings. The van der Waals surface area contributed by atoms with Crippen LogP contribution in [0.15, 0.2) is 24.3 Å². The minimum absolute atomic E-state index is 0.179. The lowest BCUT2D eigenvalue weighted by Crippen LogP contribution is -2.37. The second-order valence-corrected chi connectivity index (χ2v) is 6.39. The van der Waals surface area contributed by atoms with E-state index in [0.29, 0.717) is 51.0 Å². The van der Waals surface area contributed by atoms with E-state index in [1.54, 1.807) is 23.1 Å². The van der Waals surface area contributed by atoms with E-state index in [9.17, 15) is 9.90 Å². The fourth-order valence-electron chi connectivity index (χ4n) is 3.23. The molecule has 0 unspecified atom stereocenters. The molecule has 0 saturated carbocycles. The molecule has 1 amide bonds. The van der Waals surface area contributed by atoms with Crippen molar-refractivity contribution in [1.29, 1.82) is 0 Å². The molecule has 1 aromatic heterocycles. The molecule has 1 aromatic carbocycles. The molecule has 25 heavy (non-hydrogen) atoms. The number of hydrogen-bond acceptors (Lipinski definition) is 6. The summed E-state index contributed by atoms with van der Waals surface area (Å²) in [4.78, 5) is 24.9. The normalized spacial score (nSPS) is 16.8. The molecular weight excluding hydrogens is 340 g/mol. The highest BCUT2D eigenvalue weighted by atomic mass is 32.1. The maximum Gasteiger partial charge on any atom is 0.284 e. The second-order valence-electron chi connectivity index (χ2n) is 6.01. The molecule has 4 rings (SSSR count). The van der Waals surface area contributed by atoms with E-state index in [0.717, 1.165) is 16.8 Å². The van der Waals surface area contributed by atoms with E-state index in [1.165, 1.54) is 0 Å². The van der Waals surface area contributed by atoms with Crippen LogP contribution < -0.4 is 9.80 Å². The van der Waals surface area contributed by atoms with Gasteiger partial charge in [-0.05, 0) is 18.6 Å². The van der Waals surface area contributed by atoms with Crippen LogP contribution in [-0.4, -0.2) is 53.2 Å². The van der Waals surface area contributed by atoms with Gasteiger partial charge in [-0.15, -0.1) is 0 Å². The van der Waals surface area contributed by atoms with Crippen LogP contribution in [0.4, 0.5) is 16.6 Å². The van der Waals surface area contributed by atoms with E-state index in [4.69, 9.17) is 9.72 Å². The number of thiol groups is 1. The van der Waals surface area contributed by atoms with Crippen molar-refractivity contribution < 1.29 is 14.6 Å². The summed E-state index contributed by atoms with van der Waals surface area (Å²) >= 11 is 3.97. The first-order valence-electron chi connectivity index (χ1n) is 8.17. The van der Waals surface area contributed by atoms with Crippen LogP contribution in [0.2, 0.25) is 0 Å². The largest absolute Gasteiger partial charge is 0.508 e. The fraction of sp³-hybridized carbons (Fsp3) is 0.353. The summed E-state index contributed by atoms with van der Waals surface area (Å²) in [5.41, 5.74) is 2.46. The summed E-state index contributed by atoms with van der Waals surface area (Å²) in [6.07, 6.45) is 0.663. The van der Waals surface area contributed by atoms with Crippen LogP contribution in [0.25, 0.3) is 11.3 Å². The Morgan fingerprint density at radius 2 is 2.00 bits per heavy atom. The molecule has 2 aliphatic heterocycles. The summed E-state index contributed by atoms with van der Waals surface area (Å²) in [6, 6.07) is 6.98. The van der Waals surface area contributed by atoms with Crippen molar-refractivity contribution >= 4 is 29.6 Å². The van der Waals surface area contributed by atoms with Gasteiger partial charge < -0.3 is 14.7 Å². The number of aromatic nitrogens is 2. The predicted molar refractivity (Wildman–Crippen MR) is 97.6 cm³/mol. The Morgan fingerprint density at radius 3 is 2.72 bits per heavy atom. The molecule has 0 aliphatic carbocycles. The summed E-state index contributed by atoms with van der Waals surface area (Å²) in [5.74, 6) is 1.36. The molecule has 0 atom stereocenters. The van der Waals surface area contributed by atoms with Crippen molar-refractivity contribution in [2.24, 2.45) is 0 Å². The first-order valence-corrected chi connectivity index (χ1v) is 8.61. The number of amides is 1. The maximum absolute atomic E-state index is 11.9. The van der Waals surface area contributed by atoms with Crippen molar-refractivity contribution in [2.75, 3.05) is 42.6 Å². The van der Waals surface area contributed by atoms with Gasteiger partial charge in [-0.25, -0.2) is 4.98 Å². The van der Waals surface area contributed by atoms with Crippen molar-refractivity contribution in [3.63, 3.8) is 0 Å². The van der Waals surface area contributed by atoms with Crippen LogP contribution in [0.5, 0.6) is 5.75 Å². The van der Waals surface area contributed by atoms with Gasteiger partial charge in [-0.1, -0.05) is 24.8 Å². The standard InChI is InChI=1S/C17H18N4O3S/c22-12-3-1-2-11(10-12)14-13-4-5-21(17(23)25)15(13)19-16(18-14)20-6-8-24-9-7-20/h1-3,10,22H,4-9H2,(H,23,25). The molecule has 2 aliphatic rings. The molecule has 1 fully saturated rings. The molecule has 7 nitrogen and oxygen atoms in total. The highest BCUT2D eigenvalue weighted by Crippen LogP contribution is 2.36. The van der Waals surface area contributed by atoms with Crippen molar-refractivity contribution in [1.82, 2.24) is 9.97 Å². The van der Waals surface area contributed by atoms with Crippen LogP contribution >= 0.6 is 12.6 Å². The number of phenols is 1. The number of benzene rings is 1. The van der Waals surface area contributed by atoms with Gasteiger partial charge in [0.25, 0.3) is 5.24 Å². The minimum atomic E-state index is -0.327. The van der Waals surface area contributed by atoms with Crippen LogP contribution in [-0.2, 0) is 11.2 Å². The lowest BCUT2D eigenvalue weighted by molar-refractivity contribution is 0.122. The monoisotopic (exact) mass is 358 g/mol. The second kappa shape index (κ2) is 6.53. The fourth-order valence-corrected chi connectivity index (χ4v) is 3.42. The average molecular weight is 358 g/mol. The van der Waals surface area contributed by atoms with Gasteiger partial charge >= 0.3 is 0 Å². The van der Waals surface area contributed by atoms with Gasteiger partial charge in [-0.2, -0.15) is 4.98 Å². The van der Waals surface area contributed by atoms with Crippen LogP contribution in [0, 0.1) is 0 Å². The topological polar surface area (TPSA) is 78.8 Å². The highest BCUT2D eigenvalue weighted by Gasteiger charge is 2.30. The molecule has 0 bridgehead atoms. The van der Waals surface area contributed by atoms with E-state index >= 15 is 0 Å². The van der Waals surface area contributed by atoms with Gasteiger partial charge in [-0.3, -0.25) is 9.69 Å². The Bertz CT molecular complexity index is 824. The zero-order valence-corrected chi connectivity index (χ0v) is 14.4. The van der Waals surface area contributed by atoms with Gasteiger partial charge in [0.05, 0.1) is 18.9 Å². The van der Waals surface area contributed by atoms with Crippen LogP contribution in [0.3, 0.4) is 0 Å². The predicted octanol–water partition coefficient (Wildman–Crippen LogP) is 2.10. The van der Waals surface area contributed by atoms with Gasteiger partial charge in [0.1, 0.15) is 11.6 Å². The number of fused-ring (bicyclic) bond motifs is 1. The Balaban J connectivity index is 1.86. The zero-order valence-electron chi connectivity index (χ0n) is 13.6. The van der Waals surface area contributed by atoms with E-state index in [2.05, 4.69) is 22.5 Å². The number of ether oxygens (including phenoxy) is 1. The van der Waals surface area contributed by atoms with Crippen LogP contribution in [0.1, 0.15) is 5.56 Å². The smallest absolute Gasteiger partial charge is 0.284 e. The van der Waals surface area contributed by atoms with E-state index in [-0.39, 0.29) is 11.0 Å². The summed E-state index contributed by atoms with van der Waals surface area (Å²) in [7, 11) is 0. The lowest BCUT2D eigenvalue weighted by Gasteiger charge is -2.28. The first kappa shape index (κ1) is 16.2. The Kier molecular flexibility index (Phi) is 4.22. The molecule has 1 saturated heterocycles. The summed E-state index contributed by atoms with van der Waals surface area (Å²) in [6.45, 7) is 3.18. The molecule has 0 radical (unpaired) electrons. The van der Waals surface area contributed by atoms with E-state index < -0.39 is 0 Å². The molecule has 8 heteroatoms. The van der Waals surface area contributed by atoms with Gasteiger partial charge in [0.2, 0.25) is 5.95 Å². The third-order valence-corrected chi connectivity index (χ3v) is 4.70. The maximum atomic E-state index is 11.9. The number of nitrogens with zero attached hydrogens (tertiary/aromatic N) is 4. The first-order chi connectivity index (χ1) is 12.1. The third-order valence-electron chi connectivity index (χ3n) is 4.46. The number of hydrogen-bond donors (Lipinski definition) is 2. The molecule has 0 spiro atoms. The summed E-state index contributed by atoms with van der Waals surface area (Å²) in [5, 5.41) is 9.51. The average Bonchev–Trinajstić information content (AvgIpc) is 3.06. The SMILES string of the molecule is O=C(S)N1CCc2c(-c3cccc(O)c3)nc(N3CCOCC3)nc21. The van der Waals surface area contributed by atoms with E-state index in [1.807, 2.05) is 6.07 Å². The number of aromatic hydroxyl groups is 1. The lowest BCUT2D eigenvalue weighted by atomic mass is 10.1. The summed E-state index contributed by atoms with van der Waals surface area (Å²) < 4.78 is 5.40. The number of carbonyl (C=O) groups is 1.